The molecule has 39 heavy (non-hydrogen) atoms. The van der Waals surface area contributed by atoms with E-state index in [4.69, 9.17) is 4.74 Å². The molecule has 1 spiro atoms. The highest BCUT2D eigenvalue weighted by atomic mass is 79.9. The van der Waals surface area contributed by atoms with Crippen molar-refractivity contribution in [3.05, 3.63) is 60.2 Å². The van der Waals surface area contributed by atoms with Crippen LogP contribution in [0.3, 0.4) is 0 Å². The van der Waals surface area contributed by atoms with E-state index in [9.17, 15) is 19.5 Å². The molecule has 3 amide bonds. The molecule has 3 unspecified atom stereocenters. The number of halogens is 1. The molecule has 3 aliphatic heterocycles. The van der Waals surface area contributed by atoms with Crippen molar-refractivity contribution in [2.45, 2.75) is 53.7 Å². The second-order valence-corrected chi connectivity index (χ2v) is 13.5. The average molecular weight is 617 g/mol. The first-order valence-corrected chi connectivity index (χ1v) is 15.0. The predicted molar refractivity (Wildman–Crippen MR) is 155 cm³/mol. The van der Waals surface area contributed by atoms with Crippen molar-refractivity contribution in [1.29, 1.82) is 0 Å². The van der Waals surface area contributed by atoms with E-state index in [1.807, 2.05) is 44.2 Å². The number of ether oxygens (including phenoxy) is 1. The Kier molecular flexibility index (Phi) is 7.99. The van der Waals surface area contributed by atoms with E-state index >= 15 is 0 Å². The van der Waals surface area contributed by atoms with E-state index in [2.05, 4.69) is 26.6 Å². The fraction of sp³-hybridized carbons (Fsp3) is 0.483. The van der Waals surface area contributed by atoms with Gasteiger partial charge < -0.3 is 25.4 Å². The van der Waals surface area contributed by atoms with Crippen LogP contribution in [0.1, 0.15) is 25.8 Å². The van der Waals surface area contributed by atoms with Crippen molar-refractivity contribution in [2.75, 3.05) is 19.0 Å². The number of hydrogen-bond acceptors (Lipinski definition) is 6. The summed E-state index contributed by atoms with van der Waals surface area (Å²) in [5.74, 6) is -1.38. The summed E-state index contributed by atoms with van der Waals surface area (Å²) in [5.41, 5.74) is 1.56. The second-order valence-electron chi connectivity index (χ2n) is 10.8. The van der Waals surface area contributed by atoms with Gasteiger partial charge in [0.2, 0.25) is 17.7 Å². The number of rotatable bonds is 9. The summed E-state index contributed by atoms with van der Waals surface area (Å²) in [6.07, 6.45) is 0.578. The van der Waals surface area contributed by atoms with Crippen LogP contribution < -0.4 is 15.4 Å². The summed E-state index contributed by atoms with van der Waals surface area (Å²) in [4.78, 5) is 43.5. The Morgan fingerprint density at radius 2 is 1.85 bits per heavy atom. The largest absolute Gasteiger partial charge is 0.497 e. The molecule has 7 atom stereocenters. The molecule has 3 aliphatic rings. The number of amides is 3. The highest BCUT2D eigenvalue weighted by Crippen LogP contribution is 2.68. The number of carbonyl (C=O) groups is 3. The molecule has 10 heteroatoms. The number of hydrogen-bond donors (Lipinski definition) is 3. The molecule has 0 radical (unpaired) electrons. The Labute approximate surface area is 241 Å². The first-order valence-electron chi connectivity index (χ1n) is 13.2. The molecular formula is C29H34BrN3O5S. The number of alkyl halides is 1. The van der Waals surface area contributed by atoms with Gasteiger partial charge >= 0.3 is 0 Å². The SMILES string of the molecule is COc1ccc(NC(=O)C2N([C@@H](CO)C(C)C)C(=O)[C@@H]3[C@@H](C(=O)NCc4ccccc4)[C@@H]4SC23CC4Br)cc1. The van der Waals surface area contributed by atoms with Gasteiger partial charge in [-0.05, 0) is 42.2 Å². The molecule has 2 bridgehead atoms. The monoisotopic (exact) mass is 615 g/mol. The maximum atomic E-state index is 14.2. The van der Waals surface area contributed by atoms with Crippen LogP contribution in [0.25, 0.3) is 0 Å². The summed E-state index contributed by atoms with van der Waals surface area (Å²) < 4.78 is 4.44. The minimum Gasteiger partial charge on any atom is -0.497 e. The molecule has 2 aromatic carbocycles. The molecule has 3 N–H and O–H groups in total. The smallest absolute Gasteiger partial charge is 0.248 e. The number of likely N-dealkylation sites (tertiary alicyclic amines) is 1. The molecule has 0 aliphatic carbocycles. The Morgan fingerprint density at radius 1 is 1.15 bits per heavy atom. The van der Waals surface area contributed by atoms with E-state index in [-0.39, 0.29) is 40.3 Å². The van der Waals surface area contributed by atoms with Crippen LogP contribution in [0.4, 0.5) is 5.69 Å². The molecule has 208 valence electrons. The maximum absolute atomic E-state index is 14.2. The lowest BCUT2D eigenvalue weighted by molar-refractivity contribution is -0.142. The summed E-state index contributed by atoms with van der Waals surface area (Å²) in [7, 11) is 1.58. The van der Waals surface area contributed by atoms with Crippen molar-refractivity contribution in [3.63, 3.8) is 0 Å². The molecule has 8 nitrogen and oxygen atoms in total. The van der Waals surface area contributed by atoms with Gasteiger partial charge in [-0.25, -0.2) is 0 Å². The number of anilines is 1. The third-order valence-corrected chi connectivity index (χ3v) is 11.5. The molecular weight excluding hydrogens is 582 g/mol. The lowest BCUT2D eigenvalue weighted by atomic mass is 9.70. The number of aliphatic hydroxyl groups excluding tert-OH is 1. The van der Waals surface area contributed by atoms with Crippen LogP contribution in [-0.4, -0.2) is 68.4 Å². The first-order chi connectivity index (χ1) is 18.7. The van der Waals surface area contributed by atoms with E-state index in [0.717, 1.165) is 5.56 Å². The lowest BCUT2D eigenvalue weighted by Crippen LogP contribution is -2.56. The molecule has 0 aromatic heterocycles. The normalized spacial score (nSPS) is 29.8. The summed E-state index contributed by atoms with van der Waals surface area (Å²) in [5, 5.41) is 16.3. The van der Waals surface area contributed by atoms with Gasteiger partial charge in [0.1, 0.15) is 11.8 Å². The third-order valence-electron chi connectivity index (χ3n) is 8.26. The van der Waals surface area contributed by atoms with E-state index in [1.165, 1.54) is 0 Å². The van der Waals surface area contributed by atoms with Gasteiger partial charge in [0.05, 0.1) is 36.3 Å². The Bertz CT molecular complexity index is 1230. The number of thioether (sulfide) groups is 1. The molecule has 3 heterocycles. The molecule has 0 saturated carbocycles. The second kappa shape index (κ2) is 11.1. The quantitative estimate of drug-likeness (QED) is 0.373. The van der Waals surface area contributed by atoms with Crippen molar-refractivity contribution in [1.82, 2.24) is 10.2 Å². The first kappa shape index (κ1) is 28.0. The topological polar surface area (TPSA) is 108 Å². The minimum absolute atomic E-state index is 0.0260. The lowest BCUT2D eigenvalue weighted by Gasteiger charge is -2.38. The van der Waals surface area contributed by atoms with Crippen LogP contribution in [0.15, 0.2) is 54.6 Å². The predicted octanol–water partition coefficient (Wildman–Crippen LogP) is 3.43. The van der Waals surface area contributed by atoms with Gasteiger partial charge in [-0.3, -0.25) is 14.4 Å². The Balaban J connectivity index is 1.48. The van der Waals surface area contributed by atoms with Crippen LogP contribution in [0.2, 0.25) is 0 Å². The Hall–Kier alpha value is -2.56. The number of nitrogens with one attached hydrogen (secondary N) is 2. The molecule has 5 rings (SSSR count). The number of benzene rings is 2. The average Bonchev–Trinajstić information content (AvgIpc) is 3.52. The minimum atomic E-state index is -0.835. The van der Waals surface area contributed by atoms with E-state index < -0.39 is 28.7 Å². The van der Waals surface area contributed by atoms with Crippen molar-refractivity contribution in [2.24, 2.45) is 17.8 Å². The van der Waals surface area contributed by atoms with Gasteiger partial charge in [-0.2, -0.15) is 0 Å². The highest BCUT2D eigenvalue weighted by molar-refractivity contribution is 9.09. The zero-order chi connectivity index (χ0) is 27.9. The zero-order valence-electron chi connectivity index (χ0n) is 22.2. The van der Waals surface area contributed by atoms with E-state index in [1.54, 1.807) is 48.0 Å². The number of carbonyl (C=O) groups excluding carboxylic acids is 3. The van der Waals surface area contributed by atoms with Gasteiger partial charge in [-0.1, -0.05) is 60.1 Å². The Morgan fingerprint density at radius 3 is 2.46 bits per heavy atom. The fourth-order valence-corrected chi connectivity index (χ4v) is 10.0. The van der Waals surface area contributed by atoms with Gasteiger partial charge in [0, 0.05) is 22.3 Å². The number of aliphatic hydroxyl groups is 1. The van der Waals surface area contributed by atoms with E-state index in [0.29, 0.717) is 24.4 Å². The number of nitrogens with zero attached hydrogens (tertiary/aromatic N) is 1. The molecule has 2 aromatic rings. The van der Waals surface area contributed by atoms with Crippen LogP contribution in [0.5, 0.6) is 5.75 Å². The standard InChI is InChI=1S/C29H34BrN3O5S/c1-16(2)21(15-34)33-25(27(36)32-18-9-11-19(38-3)12-10-18)29-13-20(30)24(39-29)22(23(29)28(33)37)26(35)31-14-17-7-5-4-6-8-17/h4-12,16,20-25,34H,13-15H2,1-3H3,(H,31,35)(H,32,36)/t20?,21-,22+,23-,24+,25?,29?/m0/s1. The van der Waals surface area contributed by atoms with Crippen LogP contribution >= 0.6 is 27.7 Å². The number of fused-ring (bicyclic) bond motifs is 1. The molecule has 3 saturated heterocycles. The number of methoxy groups -OCH3 is 1. The maximum Gasteiger partial charge on any atom is 0.248 e. The van der Waals surface area contributed by atoms with Crippen molar-refractivity contribution >= 4 is 51.1 Å². The van der Waals surface area contributed by atoms with Crippen molar-refractivity contribution in [3.8, 4) is 5.75 Å². The molecule has 3 fully saturated rings. The van der Waals surface area contributed by atoms with Gasteiger partial charge in [0.25, 0.3) is 0 Å². The third kappa shape index (κ3) is 4.85. The van der Waals surface area contributed by atoms with Crippen molar-refractivity contribution < 1.29 is 24.2 Å². The van der Waals surface area contributed by atoms with Crippen LogP contribution in [-0.2, 0) is 20.9 Å². The fourth-order valence-electron chi connectivity index (χ4n) is 6.43. The zero-order valence-corrected chi connectivity index (χ0v) is 24.6. The highest BCUT2D eigenvalue weighted by Gasteiger charge is 2.76. The summed E-state index contributed by atoms with van der Waals surface area (Å²) in [6, 6.07) is 15.3. The van der Waals surface area contributed by atoms with Gasteiger partial charge in [0.15, 0.2) is 0 Å². The summed E-state index contributed by atoms with van der Waals surface area (Å²) in [6.45, 7) is 3.96. The van der Waals surface area contributed by atoms with Crippen LogP contribution in [0, 0.1) is 17.8 Å². The summed E-state index contributed by atoms with van der Waals surface area (Å²) >= 11 is 5.37. The van der Waals surface area contributed by atoms with Gasteiger partial charge in [-0.15, -0.1) is 11.8 Å².